The fourth-order valence-electron chi connectivity index (χ4n) is 2.27. The third-order valence-corrected chi connectivity index (χ3v) is 4.01. The van der Waals surface area contributed by atoms with E-state index >= 15 is 0 Å². The number of benzene rings is 2. The van der Waals surface area contributed by atoms with Crippen molar-refractivity contribution in [2.45, 2.75) is 11.8 Å². The van der Waals surface area contributed by atoms with Gasteiger partial charge in [-0.05, 0) is 41.8 Å². The number of phenolic OH excluding ortho intramolecular Hbond substituents is 1. The number of aromatic hydroxyl groups is 1. The number of hydrogen-bond acceptors (Lipinski definition) is 3. The van der Waals surface area contributed by atoms with Crippen LogP contribution in [-0.2, 0) is 11.8 Å². The van der Waals surface area contributed by atoms with Gasteiger partial charge in [-0.15, -0.1) is 0 Å². The summed E-state index contributed by atoms with van der Waals surface area (Å²) in [5.41, 5.74) is 1.09. The molecule has 0 spiro atoms. The van der Waals surface area contributed by atoms with Crippen LogP contribution in [0.4, 0.5) is 0 Å². The molecule has 0 aliphatic carbocycles. The molecular weight excluding hydrogens is 320 g/mol. The zero-order valence-electron chi connectivity index (χ0n) is 11.0. The first kappa shape index (κ1) is 15.0. The lowest BCUT2D eigenvalue weighted by Crippen LogP contribution is -2.37. The second-order valence-corrected chi connectivity index (χ2v) is 5.87. The molecule has 0 aliphatic heterocycles. The summed E-state index contributed by atoms with van der Waals surface area (Å²) < 4.78 is 0.909. The van der Waals surface area contributed by atoms with Gasteiger partial charge in [-0.25, -0.2) is 0 Å². The van der Waals surface area contributed by atoms with Gasteiger partial charge in [-0.2, -0.15) is 0 Å². The number of rotatable bonds is 5. The Hall–Kier alpha value is -1.36. The highest BCUT2D eigenvalue weighted by Gasteiger charge is 2.31. The minimum absolute atomic E-state index is 0.152. The standard InChI is InChI=1S/C16H17BrO3/c17-14-3-1-2-13(8-14)16(10-18,11-19)9-12-4-6-15(20)7-5-12/h1-8,18-20H,9-11H2. The normalized spacial score (nSPS) is 11.6. The Kier molecular flexibility index (Phi) is 4.81. The fourth-order valence-corrected chi connectivity index (χ4v) is 2.67. The van der Waals surface area contributed by atoms with Crippen LogP contribution in [0.5, 0.6) is 5.75 Å². The van der Waals surface area contributed by atoms with Crippen LogP contribution in [0.2, 0.25) is 0 Å². The summed E-state index contributed by atoms with van der Waals surface area (Å²) in [5.74, 6) is 0.204. The number of aliphatic hydroxyl groups excluding tert-OH is 2. The van der Waals surface area contributed by atoms with Gasteiger partial charge in [0.05, 0.1) is 13.2 Å². The first-order valence-electron chi connectivity index (χ1n) is 6.35. The second kappa shape index (κ2) is 6.39. The van der Waals surface area contributed by atoms with Gasteiger partial charge in [0, 0.05) is 9.89 Å². The van der Waals surface area contributed by atoms with Crippen molar-refractivity contribution in [1.29, 1.82) is 0 Å². The van der Waals surface area contributed by atoms with E-state index in [4.69, 9.17) is 0 Å². The molecule has 4 heteroatoms. The predicted molar refractivity (Wildman–Crippen MR) is 81.8 cm³/mol. The number of aliphatic hydroxyl groups is 2. The molecule has 0 atom stereocenters. The lowest BCUT2D eigenvalue weighted by Gasteiger charge is -2.31. The molecule has 106 valence electrons. The Morgan fingerprint density at radius 1 is 0.950 bits per heavy atom. The Morgan fingerprint density at radius 3 is 2.15 bits per heavy atom. The van der Waals surface area contributed by atoms with E-state index in [1.807, 2.05) is 24.3 Å². The third kappa shape index (κ3) is 3.20. The van der Waals surface area contributed by atoms with E-state index in [1.165, 1.54) is 0 Å². The molecule has 0 saturated heterocycles. The molecule has 0 aliphatic rings. The van der Waals surface area contributed by atoms with Crippen LogP contribution in [0.15, 0.2) is 53.0 Å². The van der Waals surface area contributed by atoms with E-state index < -0.39 is 5.41 Å². The first-order chi connectivity index (χ1) is 9.59. The molecule has 0 aromatic heterocycles. The van der Waals surface area contributed by atoms with Gasteiger partial charge in [-0.1, -0.05) is 40.2 Å². The summed E-state index contributed by atoms with van der Waals surface area (Å²) in [6, 6.07) is 14.4. The molecule has 0 saturated carbocycles. The zero-order valence-corrected chi connectivity index (χ0v) is 12.5. The number of halogens is 1. The van der Waals surface area contributed by atoms with Crippen LogP contribution in [0, 0.1) is 0 Å². The zero-order chi connectivity index (χ0) is 14.6. The quantitative estimate of drug-likeness (QED) is 0.786. The van der Waals surface area contributed by atoms with Crippen molar-refractivity contribution in [3.05, 3.63) is 64.1 Å². The van der Waals surface area contributed by atoms with Crippen LogP contribution in [0.25, 0.3) is 0 Å². The van der Waals surface area contributed by atoms with Crippen molar-refractivity contribution in [3.8, 4) is 5.75 Å². The Bertz CT molecular complexity index is 562. The maximum atomic E-state index is 9.81. The van der Waals surface area contributed by atoms with Crippen LogP contribution >= 0.6 is 15.9 Å². The van der Waals surface area contributed by atoms with Crippen molar-refractivity contribution >= 4 is 15.9 Å². The molecule has 0 unspecified atom stereocenters. The molecule has 0 radical (unpaired) electrons. The lowest BCUT2D eigenvalue weighted by molar-refractivity contribution is 0.116. The van der Waals surface area contributed by atoms with E-state index in [9.17, 15) is 15.3 Å². The molecule has 2 aromatic rings. The Labute approximate surface area is 126 Å². The Balaban J connectivity index is 2.36. The smallest absolute Gasteiger partial charge is 0.115 e. The van der Waals surface area contributed by atoms with Gasteiger partial charge < -0.3 is 15.3 Å². The first-order valence-corrected chi connectivity index (χ1v) is 7.14. The fraction of sp³-hybridized carbons (Fsp3) is 0.250. The molecular formula is C16H17BrO3. The summed E-state index contributed by atoms with van der Waals surface area (Å²) in [5, 5.41) is 28.9. The molecule has 3 N–H and O–H groups in total. The molecule has 3 nitrogen and oxygen atoms in total. The lowest BCUT2D eigenvalue weighted by atomic mass is 9.77. The van der Waals surface area contributed by atoms with Crippen LogP contribution < -0.4 is 0 Å². The molecule has 2 rings (SSSR count). The SMILES string of the molecule is OCC(CO)(Cc1ccc(O)cc1)c1cccc(Br)c1. The van der Waals surface area contributed by atoms with E-state index in [2.05, 4.69) is 15.9 Å². The van der Waals surface area contributed by atoms with Crippen LogP contribution in [0.3, 0.4) is 0 Å². The summed E-state index contributed by atoms with van der Waals surface area (Å²) >= 11 is 3.41. The molecule has 0 bridgehead atoms. The molecule has 0 fully saturated rings. The predicted octanol–water partition coefficient (Wildman–Crippen LogP) is 2.62. The van der Waals surface area contributed by atoms with Crippen LogP contribution in [-0.4, -0.2) is 28.5 Å². The highest BCUT2D eigenvalue weighted by molar-refractivity contribution is 9.10. The monoisotopic (exact) mass is 336 g/mol. The van der Waals surface area contributed by atoms with Crippen LogP contribution in [0.1, 0.15) is 11.1 Å². The van der Waals surface area contributed by atoms with Gasteiger partial charge in [0.25, 0.3) is 0 Å². The van der Waals surface area contributed by atoms with Crippen molar-refractivity contribution in [2.24, 2.45) is 0 Å². The maximum Gasteiger partial charge on any atom is 0.115 e. The minimum Gasteiger partial charge on any atom is -0.508 e. The van der Waals surface area contributed by atoms with Crippen molar-refractivity contribution in [2.75, 3.05) is 13.2 Å². The summed E-state index contributed by atoms with van der Waals surface area (Å²) in [4.78, 5) is 0. The van der Waals surface area contributed by atoms with Gasteiger partial charge >= 0.3 is 0 Å². The highest BCUT2D eigenvalue weighted by Crippen LogP contribution is 2.30. The van der Waals surface area contributed by atoms with Crippen molar-refractivity contribution < 1.29 is 15.3 Å². The summed E-state index contributed by atoms with van der Waals surface area (Å²) in [6.07, 6.45) is 0.497. The van der Waals surface area contributed by atoms with Gasteiger partial charge in [0.1, 0.15) is 5.75 Å². The summed E-state index contributed by atoms with van der Waals surface area (Å²) in [6.45, 7) is -0.304. The minimum atomic E-state index is -0.735. The van der Waals surface area contributed by atoms with Gasteiger partial charge in [-0.3, -0.25) is 0 Å². The maximum absolute atomic E-state index is 9.81. The molecule has 0 heterocycles. The molecule has 20 heavy (non-hydrogen) atoms. The molecule has 2 aromatic carbocycles. The second-order valence-electron chi connectivity index (χ2n) is 4.95. The topological polar surface area (TPSA) is 60.7 Å². The number of hydrogen-bond donors (Lipinski definition) is 3. The third-order valence-electron chi connectivity index (χ3n) is 3.52. The number of phenols is 1. The van der Waals surface area contributed by atoms with Crippen molar-refractivity contribution in [3.63, 3.8) is 0 Å². The summed E-state index contributed by atoms with van der Waals surface area (Å²) in [7, 11) is 0. The molecule has 0 amide bonds. The average molecular weight is 337 g/mol. The average Bonchev–Trinajstić information content (AvgIpc) is 2.47. The van der Waals surface area contributed by atoms with Crippen molar-refractivity contribution in [1.82, 2.24) is 0 Å². The van der Waals surface area contributed by atoms with E-state index in [0.29, 0.717) is 6.42 Å². The van der Waals surface area contributed by atoms with E-state index in [0.717, 1.165) is 15.6 Å². The van der Waals surface area contributed by atoms with E-state index in [1.54, 1.807) is 24.3 Å². The largest absolute Gasteiger partial charge is 0.508 e. The van der Waals surface area contributed by atoms with Gasteiger partial charge in [0.2, 0.25) is 0 Å². The highest BCUT2D eigenvalue weighted by atomic mass is 79.9. The van der Waals surface area contributed by atoms with E-state index in [-0.39, 0.29) is 19.0 Å². The van der Waals surface area contributed by atoms with Gasteiger partial charge in [0.15, 0.2) is 0 Å². The Morgan fingerprint density at radius 2 is 1.60 bits per heavy atom.